The van der Waals surface area contributed by atoms with E-state index in [2.05, 4.69) is 43.1 Å². The SMILES string of the molecule is CCC(C)n1ccc(Cn2nnc(N)c2C(C)C)n1. The molecule has 0 amide bonds. The lowest BCUT2D eigenvalue weighted by Crippen LogP contribution is -2.10. The van der Waals surface area contributed by atoms with Crippen LogP contribution in [0.2, 0.25) is 0 Å². The fraction of sp³-hybridized carbons (Fsp3) is 0.615. The molecule has 0 aliphatic rings. The molecule has 2 heterocycles. The Morgan fingerprint density at radius 1 is 1.32 bits per heavy atom. The highest BCUT2D eigenvalue weighted by Crippen LogP contribution is 2.20. The maximum absolute atomic E-state index is 5.85. The maximum Gasteiger partial charge on any atom is 0.169 e. The minimum atomic E-state index is 0.298. The van der Waals surface area contributed by atoms with Gasteiger partial charge in [-0.25, -0.2) is 4.68 Å². The second-order valence-electron chi connectivity index (χ2n) is 5.22. The molecule has 0 saturated carbocycles. The van der Waals surface area contributed by atoms with E-state index in [1.54, 1.807) is 0 Å². The number of aromatic nitrogens is 5. The van der Waals surface area contributed by atoms with Crippen LogP contribution in [0.25, 0.3) is 0 Å². The summed E-state index contributed by atoms with van der Waals surface area (Å²) in [7, 11) is 0. The van der Waals surface area contributed by atoms with Crippen LogP contribution in [0.5, 0.6) is 0 Å². The zero-order chi connectivity index (χ0) is 14.0. The van der Waals surface area contributed by atoms with Gasteiger partial charge in [0.25, 0.3) is 0 Å². The van der Waals surface area contributed by atoms with E-state index in [4.69, 9.17) is 5.73 Å². The number of nitrogens with zero attached hydrogens (tertiary/aromatic N) is 5. The van der Waals surface area contributed by atoms with E-state index in [0.29, 0.717) is 24.3 Å². The van der Waals surface area contributed by atoms with Crippen molar-refractivity contribution >= 4 is 5.82 Å². The minimum absolute atomic E-state index is 0.298. The van der Waals surface area contributed by atoms with E-state index < -0.39 is 0 Å². The minimum Gasteiger partial charge on any atom is -0.381 e. The van der Waals surface area contributed by atoms with Gasteiger partial charge in [0.2, 0.25) is 0 Å². The van der Waals surface area contributed by atoms with Crippen molar-refractivity contribution in [1.82, 2.24) is 24.8 Å². The molecule has 2 aromatic heterocycles. The molecular formula is C13H22N6. The summed E-state index contributed by atoms with van der Waals surface area (Å²) in [4.78, 5) is 0. The first-order chi connectivity index (χ1) is 9.02. The summed E-state index contributed by atoms with van der Waals surface area (Å²) in [6.45, 7) is 9.10. The summed E-state index contributed by atoms with van der Waals surface area (Å²) >= 11 is 0. The molecule has 0 saturated heterocycles. The number of nitrogen functional groups attached to an aromatic ring is 1. The van der Waals surface area contributed by atoms with Gasteiger partial charge < -0.3 is 5.73 Å². The molecule has 19 heavy (non-hydrogen) atoms. The highest BCUT2D eigenvalue weighted by molar-refractivity contribution is 5.35. The van der Waals surface area contributed by atoms with Gasteiger partial charge in [-0.1, -0.05) is 26.0 Å². The van der Waals surface area contributed by atoms with E-state index in [0.717, 1.165) is 17.8 Å². The number of hydrogen-bond donors (Lipinski definition) is 1. The van der Waals surface area contributed by atoms with Crippen molar-refractivity contribution in [1.29, 1.82) is 0 Å². The van der Waals surface area contributed by atoms with Gasteiger partial charge in [-0.2, -0.15) is 5.10 Å². The van der Waals surface area contributed by atoms with Gasteiger partial charge >= 0.3 is 0 Å². The molecule has 1 atom stereocenters. The monoisotopic (exact) mass is 262 g/mol. The first-order valence-corrected chi connectivity index (χ1v) is 6.75. The van der Waals surface area contributed by atoms with Gasteiger partial charge in [0.15, 0.2) is 5.82 Å². The Kier molecular flexibility index (Phi) is 3.87. The number of nitrogens with two attached hydrogens (primary N) is 1. The Bertz CT molecular complexity index is 539. The van der Waals surface area contributed by atoms with E-state index in [1.807, 2.05) is 21.6 Å². The molecule has 6 nitrogen and oxygen atoms in total. The van der Waals surface area contributed by atoms with Crippen molar-refractivity contribution in [3.8, 4) is 0 Å². The molecular weight excluding hydrogens is 240 g/mol. The average molecular weight is 262 g/mol. The van der Waals surface area contributed by atoms with Crippen LogP contribution in [-0.4, -0.2) is 24.8 Å². The molecule has 0 bridgehead atoms. The Morgan fingerprint density at radius 2 is 2.05 bits per heavy atom. The summed E-state index contributed by atoms with van der Waals surface area (Å²) in [5.74, 6) is 0.808. The van der Waals surface area contributed by atoms with Crippen LogP contribution in [0, 0.1) is 0 Å². The first-order valence-electron chi connectivity index (χ1n) is 6.75. The Labute approximate surface area is 113 Å². The van der Waals surface area contributed by atoms with Crippen LogP contribution in [0.15, 0.2) is 12.3 Å². The van der Waals surface area contributed by atoms with Crippen molar-refractivity contribution in [3.63, 3.8) is 0 Å². The predicted octanol–water partition coefficient (Wildman–Crippen LogP) is 2.20. The van der Waals surface area contributed by atoms with Crippen LogP contribution in [0.4, 0.5) is 5.82 Å². The van der Waals surface area contributed by atoms with Crippen molar-refractivity contribution in [2.24, 2.45) is 0 Å². The van der Waals surface area contributed by atoms with E-state index in [-0.39, 0.29) is 0 Å². The van der Waals surface area contributed by atoms with Crippen LogP contribution in [0.3, 0.4) is 0 Å². The zero-order valence-electron chi connectivity index (χ0n) is 12.0. The van der Waals surface area contributed by atoms with Crippen molar-refractivity contribution < 1.29 is 0 Å². The van der Waals surface area contributed by atoms with Crippen LogP contribution in [-0.2, 0) is 6.54 Å². The molecule has 0 aliphatic carbocycles. The maximum atomic E-state index is 5.85. The molecule has 2 rings (SSSR count). The fourth-order valence-corrected chi connectivity index (χ4v) is 2.09. The molecule has 0 spiro atoms. The van der Waals surface area contributed by atoms with Crippen molar-refractivity contribution in [3.05, 3.63) is 23.7 Å². The number of anilines is 1. The zero-order valence-corrected chi connectivity index (χ0v) is 12.0. The predicted molar refractivity (Wildman–Crippen MR) is 74.9 cm³/mol. The topological polar surface area (TPSA) is 74.5 Å². The highest BCUT2D eigenvalue weighted by Gasteiger charge is 2.15. The molecule has 6 heteroatoms. The van der Waals surface area contributed by atoms with Gasteiger partial charge in [-0.05, 0) is 25.3 Å². The van der Waals surface area contributed by atoms with E-state index in [9.17, 15) is 0 Å². The van der Waals surface area contributed by atoms with Gasteiger partial charge in [-0.15, -0.1) is 5.10 Å². The summed E-state index contributed by atoms with van der Waals surface area (Å²) in [5, 5.41) is 12.6. The lowest BCUT2D eigenvalue weighted by atomic mass is 10.1. The number of rotatable bonds is 5. The molecule has 0 radical (unpaired) electrons. The quantitative estimate of drug-likeness (QED) is 0.896. The lowest BCUT2D eigenvalue weighted by molar-refractivity contribution is 0.469. The Hall–Kier alpha value is -1.85. The fourth-order valence-electron chi connectivity index (χ4n) is 2.09. The lowest BCUT2D eigenvalue weighted by Gasteiger charge is -2.09. The van der Waals surface area contributed by atoms with Gasteiger partial charge in [-0.3, -0.25) is 4.68 Å². The third kappa shape index (κ3) is 2.77. The summed E-state index contributed by atoms with van der Waals surface area (Å²) in [5.41, 5.74) is 7.80. The van der Waals surface area contributed by atoms with Gasteiger partial charge in [0, 0.05) is 12.2 Å². The largest absolute Gasteiger partial charge is 0.381 e. The Balaban J connectivity index is 2.20. The molecule has 1 unspecified atom stereocenters. The molecule has 2 aromatic rings. The van der Waals surface area contributed by atoms with Gasteiger partial charge in [0.05, 0.1) is 17.9 Å². The van der Waals surface area contributed by atoms with E-state index >= 15 is 0 Å². The second-order valence-corrected chi connectivity index (χ2v) is 5.22. The van der Waals surface area contributed by atoms with Crippen LogP contribution < -0.4 is 5.73 Å². The average Bonchev–Trinajstić information content (AvgIpc) is 2.96. The molecule has 104 valence electrons. The molecule has 2 N–H and O–H groups in total. The van der Waals surface area contributed by atoms with Crippen LogP contribution in [0.1, 0.15) is 57.5 Å². The summed E-state index contributed by atoms with van der Waals surface area (Å²) in [6, 6.07) is 2.44. The second kappa shape index (κ2) is 5.42. The third-order valence-corrected chi connectivity index (χ3v) is 3.37. The van der Waals surface area contributed by atoms with Crippen molar-refractivity contribution in [2.45, 2.75) is 52.6 Å². The third-order valence-electron chi connectivity index (χ3n) is 3.37. The molecule has 0 aliphatic heterocycles. The van der Waals surface area contributed by atoms with Crippen molar-refractivity contribution in [2.75, 3.05) is 5.73 Å². The van der Waals surface area contributed by atoms with E-state index in [1.165, 1.54) is 0 Å². The van der Waals surface area contributed by atoms with Crippen LogP contribution >= 0.6 is 0 Å². The smallest absolute Gasteiger partial charge is 0.169 e. The molecule has 0 fully saturated rings. The normalized spacial score (nSPS) is 13.1. The first kappa shape index (κ1) is 13.6. The highest BCUT2D eigenvalue weighted by atomic mass is 15.4. The summed E-state index contributed by atoms with van der Waals surface area (Å²) < 4.78 is 3.83. The summed E-state index contributed by atoms with van der Waals surface area (Å²) in [6.07, 6.45) is 3.08. The standard InChI is InChI=1S/C13H22N6/c1-5-10(4)18-7-6-11(16-18)8-19-12(9(2)3)13(14)15-17-19/h6-7,9-10H,5,8,14H2,1-4H3. The Morgan fingerprint density at radius 3 is 2.68 bits per heavy atom. The van der Waals surface area contributed by atoms with Gasteiger partial charge in [0.1, 0.15) is 0 Å². The molecule has 0 aromatic carbocycles. The number of hydrogen-bond acceptors (Lipinski definition) is 4.